The van der Waals surface area contributed by atoms with Crippen molar-refractivity contribution in [3.05, 3.63) is 69.5 Å². The van der Waals surface area contributed by atoms with Crippen molar-refractivity contribution in [3.63, 3.8) is 0 Å². The van der Waals surface area contributed by atoms with Crippen LogP contribution in [0.2, 0.25) is 5.02 Å². The zero-order valence-electron chi connectivity index (χ0n) is 11.0. The maximum absolute atomic E-state index is 12.5. The molecule has 0 atom stereocenters. The molecule has 104 valence electrons. The number of ether oxygens (including phenoxy) is 1. The Morgan fingerprint density at radius 1 is 1.10 bits per heavy atom. The summed E-state index contributed by atoms with van der Waals surface area (Å²) >= 11 is 5.88. The summed E-state index contributed by atoms with van der Waals surface area (Å²) in [5, 5.41) is 3.76. The van der Waals surface area contributed by atoms with Gasteiger partial charge in [-0.2, -0.15) is 0 Å². The molecule has 0 radical (unpaired) electrons. The monoisotopic (exact) mass is 298 g/mol. The first kappa shape index (κ1) is 12.3. The van der Waals surface area contributed by atoms with Crippen LogP contribution in [0.25, 0.3) is 16.9 Å². The van der Waals surface area contributed by atoms with E-state index in [1.807, 2.05) is 24.3 Å². The fourth-order valence-electron chi connectivity index (χ4n) is 2.55. The first-order valence-corrected chi connectivity index (χ1v) is 6.94. The van der Waals surface area contributed by atoms with Crippen molar-refractivity contribution in [2.75, 3.05) is 0 Å². The lowest BCUT2D eigenvalue weighted by molar-refractivity contribution is 0.299. The fourth-order valence-corrected chi connectivity index (χ4v) is 2.68. The second kappa shape index (κ2) is 4.53. The summed E-state index contributed by atoms with van der Waals surface area (Å²) < 4.78 is 7.09. The van der Waals surface area contributed by atoms with Gasteiger partial charge in [0.1, 0.15) is 12.3 Å². The van der Waals surface area contributed by atoms with Crippen LogP contribution in [0.1, 0.15) is 5.56 Å². The van der Waals surface area contributed by atoms with Gasteiger partial charge in [0, 0.05) is 10.6 Å². The molecular formula is C16H11ClN2O2. The minimum Gasteiger partial charge on any atom is -0.481 e. The van der Waals surface area contributed by atoms with Crippen LogP contribution in [0.4, 0.5) is 0 Å². The van der Waals surface area contributed by atoms with Crippen molar-refractivity contribution in [3.8, 4) is 22.7 Å². The van der Waals surface area contributed by atoms with Crippen LogP contribution in [-0.4, -0.2) is 9.78 Å². The molecule has 0 spiro atoms. The zero-order chi connectivity index (χ0) is 14.4. The number of rotatable bonds is 1. The summed E-state index contributed by atoms with van der Waals surface area (Å²) in [6.45, 7) is 0.414. The quantitative estimate of drug-likeness (QED) is 0.748. The Bertz CT molecular complexity index is 878. The van der Waals surface area contributed by atoms with Gasteiger partial charge in [0.25, 0.3) is 0 Å². The van der Waals surface area contributed by atoms with Gasteiger partial charge >= 0.3 is 5.56 Å². The molecule has 3 aromatic rings. The van der Waals surface area contributed by atoms with E-state index in [9.17, 15) is 4.79 Å². The number of aromatic nitrogens is 2. The number of benzene rings is 2. The third-order valence-electron chi connectivity index (χ3n) is 3.59. The van der Waals surface area contributed by atoms with Gasteiger partial charge in [0.15, 0.2) is 0 Å². The van der Waals surface area contributed by atoms with Crippen LogP contribution in [0, 0.1) is 0 Å². The van der Waals surface area contributed by atoms with E-state index in [1.165, 1.54) is 4.68 Å². The molecule has 2 aromatic carbocycles. The molecule has 0 fully saturated rings. The van der Waals surface area contributed by atoms with Crippen LogP contribution >= 0.6 is 11.6 Å². The summed E-state index contributed by atoms with van der Waals surface area (Å²) in [7, 11) is 0. The van der Waals surface area contributed by atoms with Crippen molar-refractivity contribution in [1.29, 1.82) is 0 Å². The van der Waals surface area contributed by atoms with Gasteiger partial charge in [-0.3, -0.25) is 9.89 Å². The summed E-state index contributed by atoms with van der Waals surface area (Å²) in [5.74, 6) is 0.364. The standard InChI is InChI=1S/C16H11ClN2O2/c17-11-5-7-12(8-6-11)19-16(20)15-14(18-19)13-4-2-1-3-10(13)9-21-15/h1-8,18H,9H2. The lowest BCUT2D eigenvalue weighted by atomic mass is 10.0. The van der Waals surface area contributed by atoms with E-state index in [1.54, 1.807) is 24.3 Å². The van der Waals surface area contributed by atoms with Crippen molar-refractivity contribution in [1.82, 2.24) is 9.78 Å². The van der Waals surface area contributed by atoms with Crippen molar-refractivity contribution in [2.45, 2.75) is 6.61 Å². The summed E-state index contributed by atoms with van der Waals surface area (Å²) in [4.78, 5) is 12.5. The third kappa shape index (κ3) is 1.87. The molecule has 5 heteroatoms. The van der Waals surface area contributed by atoms with Gasteiger partial charge in [0.05, 0.1) is 5.69 Å². The molecule has 21 heavy (non-hydrogen) atoms. The van der Waals surface area contributed by atoms with Gasteiger partial charge in [-0.15, -0.1) is 0 Å². The lowest BCUT2D eigenvalue weighted by Crippen LogP contribution is -2.16. The zero-order valence-corrected chi connectivity index (χ0v) is 11.7. The molecule has 1 aliphatic heterocycles. The smallest absolute Gasteiger partial charge is 0.314 e. The van der Waals surface area contributed by atoms with Crippen LogP contribution in [0.5, 0.6) is 5.75 Å². The average molecular weight is 299 g/mol. The number of fused-ring (bicyclic) bond motifs is 3. The number of hydrogen-bond donors (Lipinski definition) is 1. The lowest BCUT2D eigenvalue weighted by Gasteiger charge is -2.15. The molecule has 4 nitrogen and oxygen atoms in total. The highest BCUT2D eigenvalue weighted by molar-refractivity contribution is 6.30. The SMILES string of the molecule is O=c1c2c([nH]n1-c1ccc(Cl)cc1)-c1ccccc1CO2. The molecule has 4 rings (SSSR count). The van der Waals surface area contributed by atoms with Crippen LogP contribution in [0.3, 0.4) is 0 Å². The van der Waals surface area contributed by atoms with E-state index in [2.05, 4.69) is 5.10 Å². The van der Waals surface area contributed by atoms with Gasteiger partial charge in [-0.25, -0.2) is 4.68 Å². The minimum absolute atomic E-state index is 0.193. The Labute approximate surface area is 125 Å². The van der Waals surface area contributed by atoms with E-state index in [0.29, 0.717) is 17.4 Å². The van der Waals surface area contributed by atoms with E-state index in [0.717, 1.165) is 22.5 Å². The number of aromatic amines is 1. The molecule has 0 saturated heterocycles. The van der Waals surface area contributed by atoms with Crippen LogP contribution in [0.15, 0.2) is 53.3 Å². The molecule has 1 aliphatic rings. The maximum Gasteiger partial charge on any atom is 0.314 e. The Kier molecular flexibility index (Phi) is 2.65. The second-order valence-electron chi connectivity index (χ2n) is 4.88. The van der Waals surface area contributed by atoms with Crippen molar-refractivity contribution in [2.24, 2.45) is 0 Å². The fraction of sp³-hybridized carbons (Fsp3) is 0.0625. The first-order valence-electron chi connectivity index (χ1n) is 6.56. The average Bonchev–Trinajstić information content (AvgIpc) is 2.86. The van der Waals surface area contributed by atoms with Crippen LogP contribution in [-0.2, 0) is 6.61 Å². The Hall–Kier alpha value is -2.46. The molecule has 1 N–H and O–H groups in total. The summed E-state index contributed by atoms with van der Waals surface area (Å²) in [6, 6.07) is 15.0. The summed E-state index contributed by atoms with van der Waals surface area (Å²) in [6.07, 6.45) is 0. The normalized spacial score (nSPS) is 12.4. The van der Waals surface area contributed by atoms with Gasteiger partial charge in [-0.05, 0) is 29.8 Å². The molecule has 0 saturated carbocycles. The van der Waals surface area contributed by atoms with E-state index in [-0.39, 0.29) is 5.56 Å². The maximum atomic E-state index is 12.5. The first-order chi connectivity index (χ1) is 10.2. The van der Waals surface area contributed by atoms with Gasteiger partial charge in [0.2, 0.25) is 5.75 Å². The molecule has 0 aliphatic carbocycles. The van der Waals surface area contributed by atoms with Gasteiger partial charge < -0.3 is 4.74 Å². The molecule has 0 amide bonds. The second-order valence-corrected chi connectivity index (χ2v) is 5.32. The number of hydrogen-bond acceptors (Lipinski definition) is 2. The molecule has 0 unspecified atom stereocenters. The summed E-state index contributed by atoms with van der Waals surface area (Å²) in [5.41, 5.74) is 3.32. The minimum atomic E-state index is -0.193. The van der Waals surface area contributed by atoms with Crippen molar-refractivity contribution < 1.29 is 4.74 Å². The predicted molar refractivity (Wildman–Crippen MR) is 81.2 cm³/mol. The highest BCUT2D eigenvalue weighted by Crippen LogP contribution is 2.34. The van der Waals surface area contributed by atoms with Gasteiger partial charge in [-0.1, -0.05) is 35.9 Å². The topological polar surface area (TPSA) is 47.0 Å². The molecule has 0 bridgehead atoms. The highest BCUT2D eigenvalue weighted by Gasteiger charge is 2.24. The number of nitrogens with one attached hydrogen (secondary N) is 1. The number of H-pyrrole nitrogens is 1. The number of nitrogens with zero attached hydrogens (tertiary/aromatic N) is 1. The Balaban J connectivity index is 1.93. The van der Waals surface area contributed by atoms with E-state index < -0.39 is 0 Å². The van der Waals surface area contributed by atoms with Crippen molar-refractivity contribution >= 4 is 11.6 Å². The largest absolute Gasteiger partial charge is 0.481 e. The predicted octanol–water partition coefficient (Wildman–Crippen LogP) is 3.38. The highest BCUT2D eigenvalue weighted by atomic mass is 35.5. The van der Waals surface area contributed by atoms with E-state index in [4.69, 9.17) is 16.3 Å². The molecular weight excluding hydrogens is 288 g/mol. The Morgan fingerprint density at radius 3 is 2.67 bits per heavy atom. The molecule has 2 heterocycles. The Morgan fingerprint density at radius 2 is 1.86 bits per heavy atom. The third-order valence-corrected chi connectivity index (χ3v) is 3.84. The number of halogens is 1. The van der Waals surface area contributed by atoms with E-state index >= 15 is 0 Å². The molecule has 1 aromatic heterocycles. The van der Waals surface area contributed by atoms with Crippen LogP contribution < -0.4 is 10.3 Å².